The van der Waals surface area contributed by atoms with E-state index in [2.05, 4.69) is 0 Å². The Balaban J connectivity index is 1.73. The van der Waals surface area contributed by atoms with Crippen molar-refractivity contribution in [2.75, 3.05) is 0 Å². The van der Waals surface area contributed by atoms with Crippen molar-refractivity contribution in [3.8, 4) is 17.2 Å². The average molecular weight is 358 g/mol. The topological polar surface area (TPSA) is 35.5 Å². The molecule has 0 radical (unpaired) electrons. The van der Waals surface area contributed by atoms with Gasteiger partial charge in [-0.3, -0.25) is 0 Å². The lowest BCUT2D eigenvalue weighted by atomic mass is 10.1. The molecule has 26 heavy (non-hydrogen) atoms. The smallest absolute Gasteiger partial charge is 0.417 e. The fourth-order valence-electron chi connectivity index (χ4n) is 2.27. The van der Waals surface area contributed by atoms with Gasteiger partial charge in [0.05, 0.1) is 11.1 Å². The van der Waals surface area contributed by atoms with Crippen LogP contribution in [0, 0.1) is 0 Å². The molecule has 3 aromatic rings. The van der Waals surface area contributed by atoms with Crippen LogP contribution in [0.5, 0.6) is 17.2 Å². The summed E-state index contributed by atoms with van der Waals surface area (Å²) in [5.41, 5.74) is -1.57. The van der Waals surface area contributed by atoms with Crippen molar-refractivity contribution < 1.29 is 27.4 Å². The normalized spacial score (nSPS) is 11.0. The van der Waals surface area contributed by atoms with Crippen LogP contribution in [0.1, 0.15) is 15.9 Å². The third kappa shape index (κ3) is 4.22. The summed E-state index contributed by atoms with van der Waals surface area (Å²) in [6, 6.07) is 19.6. The predicted octanol–water partition coefficient (Wildman–Crippen LogP) is 5.72. The standard InChI is InChI=1S/C20H13F3O3/c21-20(22,23)18-9-5-4-8-17(18)19(24)26-16-12-10-15(11-13-16)25-14-6-2-1-3-7-14/h1-13H. The first kappa shape index (κ1) is 17.5. The minimum Gasteiger partial charge on any atom is -0.457 e. The zero-order chi connectivity index (χ0) is 18.6. The number of rotatable bonds is 4. The predicted molar refractivity (Wildman–Crippen MR) is 89.4 cm³/mol. The van der Waals surface area contributed by atoms with Crippen LogP contribution in [-0.2, 0) is 6.18 Å². The van der Waals surface area contributed by atoms with E-state index in [-0.39, 0.29) is 5.75 Å². The third-order valence-corrected chi connectivity index (χ3v) is 3.47. The molecule has 0 N–H and O–H groups in total. The van der Waals surface area contributed by atoms with Crippen molar-refractivity contribution >= 4 is 5.97 Å². The number of benzene rings is 3. The van der Waals surface area contributed by atoms with Gasteiger partial charge < -0.3 is 9.47 Å². The van der Waals surface area contributed by atoms with Gasteiger partial charge in [-0.2, -0.15) is 13.2 Å². The van der Waals surface area contributed by atoms with E-state index in [0.29, 0.717) is 11.5 Å². The third-order valence-electron chi connectivity index (χ3n) is 3.47. The molecule has 0 unspecified atom stereocenters. The second-order valence-corrected chi connectivity index (χ2v) is 5.32. The molecule has 0 fully saturated rings. The highest BCUT2D eigenvalue weighted by molar-refractivity contribution is 5.92. The first-order valence-corrected chi connectivity index (χ1v) is 7.65. The van der Waals surface area contributed by atoms with E-state index in [1.54, 1.807) is 24.3 Å². The molecule has 3 nitrogen and oxygen atoms in total. The first-order valence-electron chi connectivity index (χ1n) is 7.65. The van der Waals surface area contributed by atoms with E-state index in [1.807, 2.05) is 18.2 Å². The lowest BCUT2D eigenvalue weighted by Crippen LogP contribution is -2.16. The number of esters is 1. The molecule has 0 aliphatic carbocycles. The molecule has 3 rings (SSSR count). The first-order chi connectivity index (χ1) is 12.4. The van der Waals surface area contributed by atoms with E-state index in [4.69, 9.17) is 9.47 Å². The molecule has 0 aromatic heterocycles. The summed E-state index contributed by atoms with van der Waals surface area (Å²) in [5, 5.41) is 0. The molecule has 0 amide bonds. The number of para-hydroxylation sites is 1. The van der Waals surface area contributed by atoms with E-state index in [9.17, 15) is 18.0 Å². The zero-order valence-electron chi connectivity index (χ0n) is 13.4. The number of alkyl halides is 3. The lowest BCUT2D eigenvalue weighted by molar-refractivity contribution is -0.138. The van der Waals surface area contributed by atoms with E-state index >= 15 is 0 Å². The summed E-state index contributed by atoms with van der Waals surface area (Å²) in [6.45, 7) is 0. The van der Waals surface area contributed by atoms with Crippen LogP contribution >= 0.6 is 0 Å². The Kier molecular flexibility index (Phi) is 4.93. The van der Waals surface area contributed by atoms with Gasteiger partial charge >= 0.3 is 12.1 Å². The van der Waals surface area contributed by atoms with E-state index < -0.39 is 23.3 Å². The average Bonchev–Trinajstić information content (AvgIpc) is 2.63. The van der Waals surface area contributed by atoms with Crippen LogP contribution in [0.15, 0.2) is 78.9 Å². The van der Waals surface area contributed by atoms with Gasteiger partial charge in [-0.25, -0.2) is 4.79 Å². The van der Waals surface area contributed by atoms with Crippen LogP contribution in [0.4, 0.5) is 13.2 Å². The summed E-state index contributed by atoms with van der Waals surface area (Å²) in [4.78, 5) is 12.1. The van der Waals surface area contributed by atoms with Crippen molar-refractivity contribution in [3.63, 3.8) is 0 Å². The molecule has 0 spiro atoms. The summed E-state index contributed by atoms with van der Waals surface area (Å²) in [5.74, 6) is 0.185. The van der Waals surface area contributed by atoms with Gasteiger partial charge in [0.15, 0.2) is 0 Å². The lowest BCUT2D eigenvalue weighted by Gasteiger charge is -2.12. The summed E-state index contributed by atoms with van der Waals surface area (Å²) >= 11 is 0. The van der Waals surface area contributed by atoms with Gasteiger partial charge in [0.2, 0.25) is 0 Å². The fourth-order valence-corrected chi connectivity index (χ4v) is 2.27. The number of halogens is 3. The van der Waals surface area contributed by atoms with Crippen LogP contribution in [0.2, 0.25) is 0 Å². The van der Waals surface area contributed by atoms with Gasteiger partial charge in [-0.15, -0.1) is 0 Å². The van der Waals surface area contributed by atoms with Gasteiger partial charge in [-0.05, 0) is 48.5 Å². The summed E-state index contributed by atoms with van der Waals surface area (Å²) in [7, 11) is 0. The van der Waals surface area contributed by atoms with Crippen LogP contribution in [0.25, 0.3) is 0 Å². The maximum Gasteiger partial charge on any atom is 0.417 e. The highest BCUT2D eigenvalue weighted by atomic mass is 19.4. The monoisotopic (exact) mass is 358 g/mol. The molecule has 0 aliphatic rings. The van der Waals surface area contributed by atoms with Gasteiger partial charge in [-0.1, -0.05) is 30.3 Å². The molecule has 0 bridgehead atoms. The molecular formula is C20H13F3O3. The Morgan fingerprint density at radius 3 is 1.88 bits per heavy atom. The number of carbonyl (C=O) groups is 1. The Bertz CT molecular complexity index is 888. The fraction of sp³-hybridized carbons (Fsp3) is 0.0500. The summed E-state index contributed by atoms with van der Waals surface area (Å²) < 4.78 is 49.6. The number of hydrogen-bond acceptors (Lipinski definition) is 3. The molecule has 0 heterocycles. The Morgan fingerprint density at radius 2 is 1.23 bits per heavy atom. The number of ether oxygens (including phenoxy) is 2. The Morgan fingerprint density at radius 1 is 0.692 bits per heavy atom. The maximum absolute atomic E-state index is 13.0. The minimum absolute atomic E-state index is 0.118. The zero-order valence-corrected chi connectivity index (χ0v) is 13.4. The molecule has 132 valence electrons. The van der Waals surface area contributed by atoms with Crippen molar-refractivity contribution in [1.82, 2.24) is 0 Å². The second kappa shape index (κ2) is 7.31. The van der Waals surface area contributed by atoms with Gasteiger partial charge in [0.25, 0.3) is 0 Å². The van der Waals surface area contributed by atoms with Crippen LogP contribution in [-0.4, -0.2) is 5.97 Å². The summed E-state index contributed by atoms with van der Waals surface area (Å²) in [6.07, 6.45) is -4.64. The number of carbonyl (C=O) groups excluding carboxylic acids is 1. The molecule has 0 atom stereocenters. The second-order valence-electron chi connectivity index (χ2n) is 5.32. The van der Waals surface area contributed by atoms with Gasteiger partial charge in [0.1, 0.15) is 17.2 Å². The molecular weight excluding hydrogens is 345 g/mol. The molecule has 0 aliphatic heterocycles. The Hall–Kier alpha value is -3.28. The molecule has 0 saturated heterocycles. The van der Waals surface area contributed by atoms with Crippen molar-refractivity contribution in [2.24, 2.45) is 0 Å². The largest absolute Gasteiger partial charge is 0.457 e. The van der Waals surface area contributed by atoms with Crippen molar-refractivity contribution in [3.05, 3.63) is 90.0 Å². The van der Waals surface area contributed by atoms with Crippen LogP contribution in [0.3, 0.4) is 0 Å². The molecule has 6 heteroatoms. The quantitative estimate of drug-likeness (QED) is 0.442. The van der Waals surface area contributed by atoms with E-state index in [0.717, 1.165) is 12.1 Å². The van der Waals surface area contributed by atoms with Crippen LogP contribution < -0.4 is 9.47 Å². The van der Waals surface area contributed by atoms with Crippen molar-refractivity contribution in [2.45, 2.75) is 6.18 Å². The van der Waals surface area contributed by atoms with E-state index in [1.165, 1.54) is 24.3 Å². The Labute approximate surface area is 147 Å². The maximum atomic E-state index is 13.0. The van der Waals surface area contributed by atoms with Gasteiger partial charge in [0, 0.05) is 0 Å². The highest BCUT2D eigenvalue weighted by Gasteiger charge is 2.35. The SMILES string of the molecule is O=C(Oc1ccc(Oc2ccccc2)cc1)c1ccccc1C(F)(F)F. The van der Waals surface area contributed by atoms with Crippen molar-refractivity contribution in [1.29, 1.82) is 0 Å². The molecule has 3 aromatic carbocycles. The molecule has 0 saturated carbocycles. The highest BCUT2D eigenvalue weighted by Crippen LogP contribution is 2.32. The minimum atomic E-state index is -4.64. The number of hydrogen-bond donors (Lipinski definition) is 0.